The fourth-order valence-corrected chi connectivity index (χ4v) is 2.99. The third kappa shape index (κ3) is 5.30. The molecule has 0 aliphatic rings. The molecule has 0 bridgehead atoms. The van der Waals surface area contributed by atoms with Crippen LogP contribution in [0.4, 0.5) is 0 Å². The summed E-state index contributed by atoms with van der Waals surface area (Å²) in [5, 5.41) is 14.4. The summed E-state index contributed by atoms with van der Waals surface area (Å²) in [5.41, 5.74) is 4.64. The average molecular weight is 349 g/mol. The van der Waals surface area contributed by atoms with E-state index in [0.717, 1.165) is 5.56 Å². The predicted octanol–water partition coefficient (Wildman–Crippen LogP) is 3.82. The SMILES string of the molecule is CC(=NNC(=O)CSCc1ccccc1Cl)c1ccccc1O. The molecule has 4 nitrogen and oxygen atoms in total. The van der Waals surface area contributed by atoms with Crippen molar-refractivity contribution in [3.63, 3.8) is 0 Å². The Labute approximate surface area is 144 Å². The second kappa shape index (κ2) is 8.60. The maximum atomic E-state index is 11.8. The van der Waals surface area contributed by atoms with Crippen molar-refractivity contribution < 1.29 is 9.90 Å². The van der Waals surface area contributed by atoms with E-state index in [-0.39, 0.29) is 17.4 Å². The summed E-state index contributed by atoms with van der Waals surface area (Å²) in [6.07, 6.45) is 0. The number of benzene rings is 2. The minimum atomic E-state index is -0.197. The van der Waals surface area contributed by atoms with E-state index >= 15 is 0 Å². The molecule has 0 radical (unpaired) electrons. The normalized spacial score (nSPS) is 11.3. The predicted molar refractivity (Wildman–Crippen MR) is 96.1 cm³/mol. The molecule has 2 aromatic rings. The Morgan fingerprint density at radius 3 is 2.65 bits per heavy atom. The van der Waals surface area contributed by atoms with Crippen LogP contribution in [0.5, 0.6) is 5.75 Å². The molecule has 120 valence electrons. The first-order valence-electron chi connectivity index (χ1n) is 7.00. The van der Waals surface area contributed by atoms with Gasteiger partial charge in [0, 0.05) is 16.3 Å². The number of nitrogens with zero attached hydrogens (tertiary/aromatic N) is 1. The molecule has 2 aromatic carbocycles. The van der Waals surface area contributed by atoms with E-state index < -0.39 is 0 Å². The molecular weight excluding hydrogens is 332 g/mol. The van der Waals surface area contributed by atoms with Crippen molar-refractivity contribution in [3.05, 3.63) is 64.7 Å². The van der Waals surface area contributed by atoms with E-state index in [1.165, 1.54) is 11.8 Å². The van der Waals surface area contributed by atoms with E-state index in [2.05, 4.69) is 10.5 Å². The fourth-order valence-electron chi connectivity index (χ4n) is 1.89. The number of nitrogens with one attached hydrogen (secondary N) is 1. The van der Waals surface area contributed by atoms with Crippen molar-refractivity contribution in [2.24, 2.45) is 5.10 Å². The van der Waals surface area contributed by atoms with Crippen LogP contribution < -0.4 is 5.43 Å². The molecule has 2 rings (SSSR count). The molecule has 0 atom stereocenters. The van der Waals surface area contributed by atoms with Crippen molar-refractivity contribution >= 4 is 35.0 Å². The van der Waals surface area contributed by atoms with Gasteiger partial charge in [-0.2, -0.15) is 5.10 Å². The van der Waals surface area contributed by atoms with Crippen LogP contribution in [0, 0.1) is 0 Å². The van der Waals surface area contributed by atoms with E-state index in [0.29, 0.717) is 22.1 Å². The summed E-state index contributed by atoms with van der Waals surface area (Å²) in [6.45, 7) is 1.73. The third-order valence-electron chi connectivity index (χ3n) is 3.09. The van der Waals surface area contributed by atoms with Gasteiger partial charge in [-0.25, -0.2) is 5.43 Å². The van der Waals surface area contributed by atoms with Gasteiger partial charge in [0.05, 0.1) is 11.5 Å². The minimum absolute atomic E-state index is 0.135. The molecule has 0 saturated heterocycles. The number of thioether (sulfide) groups is 1. The van der Waals surface area contributed by atoms with E-state index in [4.69, 9.17) is 11.6 Å². The Balaban J connectivity index is 1.82. The number of rotatable bonds is 6. The topological polar surface area (TPSA) is 61.7 Å². The fraction of sp³-hybridized carbons (Fsp3) is 0.176. The van der Waals surface area contributed by atoms with Crippen LogP contribution in [0.3, 0.4) is 0 Å². The number of carbonyl (C=O) groups is 1. The first-order chi connectivity index (χ1) is 11.1. The highest BCUT2D eigenvalue weighted by Gasteiger charge is 2.06. The molecular formula is C17H17ClN2O2S. The van der Waals surface area contributed by atoms with Crippen molar-refractivity contribution in [1.29, 1.82) is 0 Å². The van der Waals surface area contributed by atoms with Gasteiger partial charge < -0.3 is 5.11 Å². The van der Waals surface area contributed by atoms with Crippen LogP contribution in [-0.2, 0) is 10.5 Å². The molecule has 23 heavy (non-hydrogen) atoms. The lowest BCUT2D eigenvalue weighted by molar-refractivity contribution is -0.118. The van der Waals surface area contributed by atoms with Gasteiger partial charge in [-0.05, 0) is 30.7 Å². The highest BCUT2D eigenvalue weighted by atomic mass is 35.5. The average Bonchev–Trinajstić information content (AvgIpc) is 2.55. The molecule has 0 aromatic heterocycles. The number of hydrogen-bond acceptors (Lipinski definition) is 4. The molecule has 0 saturated carbocycles. The van der Waals surface area contributed by atoms with Crippen LogP contribution in [0.1, 0.15) is 18.1 Å². The number of aromatic hydroxyl groups is 1. The third-order valence-corrected chi connectivity index (χ3v) is 4.44. The summed E-state index contributed by atoms with van der Waals surface area (Å²) in [6, 6.07) is 14.4. The Bertz CT molecular complexity index is 719. The molecule has 1 amide bonds. The summed E-state index contributed by atoms with van der Waals surface area (Å²) >= 11 is 7.53. The van der Waals surface area contributed by atoms with Gasteiger partial charge in [-0.1, -0.05) is 41.9 Å². The summed E-state index contributed by atoms with van der Waals surface area (Å²) in [7, 11) is 0. The molecule has 2 N–H and O–H groups in total. The molecule has 0 aliphatic heterocycles. The molecule has 6 heteroatoms. The Morgan fingerprint density at radius 2 is 1.91 bits per heavy atom. The Hall–Kier alpha value is -1.98. The highest BCUT2D eigenvalue weighted by Crippen LogP contribution is 2.20. The number of amides is 1. The zero-order chi connectivity index (χ0) is 16.7. The number of phenolic OH excluding ortho intramolecular Hbond substituents is 1. The zero-order valence-electron chi connectivity index (χ0n) is 12.6. The van der Waals surface area contributed by atoms with Crippen LogP contribution >= 0.6 is 23.4 Å². The number of para-hydroxylation sites is 1. The Kier molecular flexibility index (Phi) is 6.50. The van der Waals surface area contributed by atoms with Crippen LogP contribution in [0.15, 0.2) is 53.6 Å². The monoisotopic (exact) mass is 348 g/mol. The van der Waals surface area contributed by atoms with Gasteiger partial charge in [-0.15, -0.1) is 11.8 Å². The Morgan fingerprint density at radius 1 is 1.22 bits per heavy atom. The van der Waals surface area contributed by atoms with Crippen molar-refractivity contribution in [2.75, 3.05) is 5.75 Å². The maximum Gasteiger partial charge on any atom is 0.250 e. The van der Waals surface area contributed by atoms with Gasteiger partial charge in [0.2, 0.25) is 5.91 Å². The quantitative estimate of drug-likeness (QED) is 0.616. The second-order valence-corrected chi connectivity index (χ2v) is 6.23. The van der Waals surface area contributed by atoms with Crippen LogP contribution in [-0.4, -0.2) is 22.5 Å². The van der Waals surface area contributed by atoms with Crippen LogP contribution in [0.25, 0.3) is 0 Å². The van der Waals surface area contributed by atoms with Crippen LogP contribution in [0.2, 0.25) is 5.02 Å². The lowest BCUT2D eigenvalue weighted by Gasteiger charge is -2.05. The first-order valence-corrected chi connectivity index (χ1v) is 8.54. The van der Waals surface area contributed by atoms with Gasteiger partial charge in [-0.3, -0.25) is 4.79 Å². The van der Waals surface area contributed by atoms with Gasteiger partial charge in [0.1, 0.15) is 5.75 Å². The zero-order valence-corrected chi connectivity index (χ0v) is 14.2. The highest BCUT2D eigenvalue weighted by molar-refractivity contribution is 7.99. The standard InChI is InChI=1S/C17H17ClN2O2S/c1-12(14-7-3-5-9-16(14)21)19-20-17(22)11-23-10-13-6-2-4-8-15(13)18/h2-9,21H,10-11H2,1H3,(H,20,22). The molecule has 0 aliphatic carbocycles. The van der Waals surface area contributed by atoms with E-state index in [1.54, 1.807) is 31.2 Å². The summed E-state index contributed by atoms with van der Waals surface area (Å²) in [5.74, 6) is 0.880. The first kappa shape index (κ1) is 17.4. The number of phenols is 1. The van der Waals surface area contributed by atoms with Crippen molar-refractivity contribution in [3.8, 4) is 5.75 Å². The number of halogens is 1. The molecule has 0 spiro atoms. The molecule has 0 heterocycles. The summed E-state index contributed by atoms with van der Waals surface area (Å²) in [4.78, 5) is 11.8. The number of hydrogen-bond donors (Lipinski definition) is 2. The number of hydrazone groups is 1. The van der Waals surface area contributed by atoms with Crippen molar-refractivity contribution in [2.45, 2.75) is 12.7 Å². The van der Waals surface area contributed by atoms with Crippen molar-refractivity contribution in [1.82, 2.24) is 5.43 Å². The number of carbonyl (C=O) groups excluding carboxylic acids is 1. The molecule has 0 fully saturated rings. The second-order valence-electron chi connectivity index (χ2n) is 4.83. The van der Waals surface area contributed by atoms with E-state index in [1.807, 2.05) is 24.3 Å². The molecule has 0 unspecified atom stereocenters. The lowest BCUT2D eigenvalue weighted by atomic mass is 10.1. The van der Waals surface area contributed by atoms with Gasteiger partial charge in [0.25, 0.3) is 0 Å². The lowest BCUT2D eigenvalue weighted by Crippen LogP contribution is -2.21. The smallest absolute Gasteiger partial charge is 0.250 e. The van der Waals surface area contributed by atoms with E-state index in [9.17, 15) is 9.90 Å². The largest absolute Gasteiger partial charge is 0.507 e. The summed E-state index contributed by atoms with van der Waals surface area (Å²) < 4.78 is 0. The maximum absolute atomic E-state index is 11.8. The minimum Gasteiger partial charge on any atom is -0.507 e. The van der Waals surface area contributed by atoms with Gasteiger partial charge >= 0.3 is 0 Å². The van der Waals surface area contributed by atoms with Gasteiger partial charge in [0.15, 0.2) is 0 Å².